The maximum absolute atomic E-state index is 14.4. The third kappa shape index (κ3) is 8.51. The predicted molar refractivity (Wildman–Crippen MR) is 214 cm³/mol. The molecule has 2 aromatic rings. The van der Waals surface area contributed by atoms with Gasteiger partial charge in [0.05, 0.1) is 79.3 Å². The molecule has 1 fully saturated rings. The summed E-state index contributed by atoms with van der Waals surface area (Å²) in [6.07, 6.45) is 4.76. The molecule has 1 amide bonds. The third-order valence-electron chi connectivity index (χ3n) is 11.4. The number of fused-ring (bicyclic) bond motifs is 14. The van der Waals surface area contributed by atoms with Crippen LogP contribution in [0.5, 0.6) is 23.0 Å². The molecular weight excluding hydrogens is 754 g/mol. The van der Waals surface area contributed by atoms with Gasteiger partial charge in [-0.3, -0.25) is 19.4 Å². The lowest BCUT2D eigenvalue weighted by Crippen LogP contribution is -2.46. The van der Waals surface area contributed by atoms with Gasteiger partial charge in [-0.2, -0.15) is 5.10 Å². The van der Waals surface area contributed by atoms with E-state index < -0.39 is 88.8 Å². The molecule has 1 saturated heterocycles. The number of amides is 1. The van der Waals surface area contributed by atoms with E-state index in [-0.39, 0.29) is 44.5 Å². The minimum atomic E-state index is -2.05. The van der Waals surface area contributed by atoms with Gasteiger partial charge in [-0.15, -0.1) is 0 Å². The Morgan fingerprint density at radius 2 is 1.64 bits per heavy atom. The Kier molecular flexibility index (Phi) is 13.5. The van der Waals surface area contributed by atoms with Crippen molar-refractivity contribution in [3.8, 4) is 23.0 Å². The van der Waals surface area contributed by atoms with Crippen LogP contribution in [0.2, 0.25) is 0 Å². The minimum absolute atomic E-state index is 0.0475. The summed E-state index contributed by atoms with van der Waals surface area (Å²) in [5.41, 5.74) is -0.426. The van der Waals surface area contributed by atoms with Crippen LogP contribution in [0.3, 0.4) is 0 Å². The van der Waals surface area contributed by atoms with Crippen molar-refractivity contribution in [2.45, 2.75) is 85.6 Å². The maximum Gasteiger partial charge on any atom is 0.312 e. The fraction of sp³-hybridized carbons (Fsp3) is 0.524. The summed E-state index contributed by atoms with van der Waals surface area (Å²) in [6.45, 7) is 14.1. The van der Waals surface area contributed by atoms with E-state index in [0.29, 0.717) is 26.3 Å². The van der Waals surface area contributed by atoms with E-state index in [1.165, 1.54) is 59.4 Å². The number of rotatable bonds is 4. The molecule has 4 heterocycles. The quantitative estimate of drug-likeness (QED) is 0.109. The number of Topliss-reactive ketones (excluding diaryl/α,β-unsaturated/α-hetero) is 1. The lowest BCUT2D eigenvalue weighted by atomic mass is 9.78. The van der Waals surface area contributed by atoms with Crippen molar-refractivity contribution in [3.05, 3.63) is 52.8 Å². The number of aliphatic hydroxyl groups excluding tert-OH is 2. The second-order valence-corrected chi connectivity index (χ2v) is 15.4. The molecule has 0 saturated carbocycles. The maximum atomic E-state index is 14.4. The molecule has 16 heteroatoms. The highest BCUT2D eigenvalue weighted by Gasteiger charge is 2.50. The highest BCUT2D eigenvalue weighted by molar-refractivity contribution is 6.23. The summed E-state index contributed by atoms with van der Waals surface area (Å²) in [4.78, 5) is 40.4. The van der Waals surface area contributed by atoms with E-state index in [9.17, 15) is 39.9 Å². The van der Waals surface area contributed by atoms with Crippen LogP contribution >= 0.6 is 0 Å². The number of hydrazone groups is 1. The van der Waals surface area contributed by atoms with Crippen LogP contribution in [0, 0.1) is 30.6 Å². The second kappa shape index (κ2) is 17.8. The largest absolute Gasteiger partial charge is 0.507 e. The number of hydrogen-bond acceptors (Lipinski definition) is 15. The van der Waals surface area contributed by atoms with Gasteiger partial charge in [0.25, 0.3) is 11.7 Å². The molecule has 0 aromatic heterocycles. The molecule has 2 aromatic carbocycles. The number of ether oxygens (including phenoxy) is 5. The van der Waals surface area contributed by atoms with E-state index in [2.05, 4.69) is 10.4 Å². The number of morpholine rings is 1. The molecular formula is C42H55N3O13. The topological polar surface area (TPSA) is 226 Å². The van der Waals surface area contributed by atoms with Gasteiger partial charge in [0.15, 0.2) is 5.75 Å². The monoisotopic (exact) mass is 809 g/mol. The zero-order valence-corrected chi connectivity index (χ0v) is 34.3. The average Bonchev–Trinajstić information content (AvgIpc) is 3.46. The first-order valence-corrected chi connectivity index (χ1v) is 19.3. The van der Waals surface area contributed by atoms with Crippen LogP contribution in [0.15, 0.2) is 41.2 Å². The smallest absolute Gasteiger partial charge is 0.312 e. The van der Waals surface area contributed by atoms with E-state index in [1.807, 2.05) is 0 Å². The molecule has 4 aliphatic rings. The number of methoxy groups -OCH3 is 1. The Bertz CT molecular complexity index is 2040. The number of aliphatic hydroxyl groups is 2. The molecule has 6 N–H and O–H groups in total. The minimum Gasteiger partial charge on any atom is -0.507 e. The SMILES string of the molecule is CO[C@H]1/C=C/O[C@@]2(C)Oc3c(C)c(O)c4c(O)c(c(/C=N\N5CCOCC5)c(O)c4c3C2=O)NC(=O)/C(C)=C/C=C/[C@H](C)[C@H](O)[C@@H](C)[C@@H](O)[C@@H](C)[C@H](OC(C)=O)[C@@H]1C. The van der Waals surface area contributed by atoms with Gasteiger partial charge in [-0.1, -0.05) is 45.9 Å². The number of carbonyl (C=O) groups excluding carboxylic acids is 3. The van der Waals surface area contributed by atoms with Crippen LogP contribution in [0.25, 0.3) is 10.8 Å². The van der Waals surface area contributed by atoms with Crippen molar-refractivity contribution < 1.29 is 63.6 Å². The summed E-state index contributed by atoms with van der Waals surface area (Å²) < 4.78 is 29.0. The fourth-order valence-corrected chi connectivity index (χ4v) is 7.68. The number of hydrogen-bond donors (Lipinski definition) is 6. The van der Waals surface area contributed by atoms with Crippen molar-refractivity contribution in [3.63, 3.8) is 0 Å². The number of aromatic hydroxyl groups is 3. The summed E-state index contributed by atoms with van der Waals surface area (Å²) in [5, 5.41) is 66.4. The number of nitrogens with one attached hydrogen (secondary N) is 1. The lowest BCUT2D eigenvalue weighted by molar-refractivity contribution is -0.160. The van der Waals surface area contributed by atoms with Gasteiger partial charge < -0.3 is 54.5 Å². The highest BCUT2D eigenvalue weighted by atomic mass is 16.7. The molecule has 58 heavy (non-hydrogen) atoms. The van der Waals surface area contributed by atoms with Gasteiger partial charge >= 0.3 is 11.8 Å². The summed E-state index contributed by atoms with van der Waals surface area (Å²) in [7, 11) is 1.43. The number of phenolic OH excluding ortho intramolecular Hbond substituents is 3. The standard InChI is InChI=1S/C42H55N3O13/c1-20-11-10-12-21(2)41(53)44-32-27(19-43-45-14-17-55-18-15-45)36(50)29-30(37(32)51)35(49)25(6)39-31(29)40(52)42(8,58-39)56-16-13-28(54-9)22(3)38(57-26(7)46)24(5)34(48)23(4)33(20)47/h10-13,16,19-20,22-24,28,33-34,38,47-51H,14-15,17-18H2,1-9H3,(H,44,53)/b11-10+,16-13+,21-12+,43-19-/t20-,22+,23+,24+,28-,33-,34+,38+,42-/m0/s1. The zero-order chi connectivity index (χ0) is 42.8. The molecule has 4 aliphatic heterocycles. The van der Waals surface area contributed by atoms with Crippen molar-refractivity contribution in [1.29, 1.82) is 0 Å². The van der Waals surface area contributed by atoms with Crippen molar-refractivity contribution >= 4 is 40.3 Å². The predicted octanol–water partition coefficient (Wildman–Crippen LogP) is 4.42. The molecule has 5 bridgehead atoms. The number of benzene rings is 2. The number of ketones is 1. The van der Waals surface area contributed by atoms with E-state index in [0.717, 1.165) is 0 Å². The first-order valence-electron chi connectivity index (χ1n) is 19.3. The van der Waals surface area contributed by atoms with Crippen molar-refractivity contribution in [2.75, 3.05) is 38.7 Å². The number of carbonyl (C=O) groups is 3. The molecule has 0 spiro atoms. The van der Waals surface area contributed by atoms with Gasteiger partial charge in [-0.05, 0) is 19.9 Å². The van der Waals surface area contributed by atoms with Crippen LogP contribution in [-0.4, -0.2) is 118 Å². The molecule has 0 aliphatic carbocycles. The van der Waals surface area contributed by atoms with E-state index in [1.54, 1.807) is 44.9 Å². The average molecular weight is 810 g/mol. The third-order valence-corrected chi connectivity index (χ3v) is 11.4. The number of phenols is 3. The van der Waals surface area contributed by atoms with Gasteiger partial charge in [0.1, 0.15) is 23.4 Å². The first kappa shape index (κ1) is 44.0. The van der Waals surface area contributed by atoms with Gasteiger partial charge in [0, 0.05) is 61.2 Å². The number of anilines is 1. The highest BCUT2D eigenvalue weighted by Crippen LogP contribution is 2.55. The molecule has 9 atom stereocenters. The second-order valence-electron chi connectivity index (χ2n) is 15.4. The molecule has 316 valence electrons. The van der Waals surface area contributed by atoms with E-state index in [4.69, 9.17) is 23.7 Å². The number of allylic oxidation sites excluding steroid dienone is 2. The summed E-state index contributed by atoms with van der Waals surface area (Å²) in [6, 6.07) is 0. The zero-order valence-electron chi connectivity index (χ0n) is 34.3. The fourth-order valence-electron chi connectivity index (χ4n) is 7.68. The Morgan fingerprint density at radius 3 is 2.28 bits per heavy atom. The Balaban J connectivity index is 1.71. The van der Waals surface area contributed by atoms with Gasteiger partial charge in [-0.25, -0.2) is 0 Å². The van der Waals surface area contributed by atoms with Crippen LogP contribution in [0.4, 0.5) is 5.69 Å². The lowest BCUT2D eigenvalue weighted by Gasteiger charge is -2.38. The van der Waals surface area contributed by atoms with Gasteiger partial charge in [0.2, 0.25) is 0 Å². The van der Waals surface area contributed by atoms with E-state index >= 15 is 0 Å². The van der Waals surface area contributed by atoms with Crippen LogP contribution in [-0.2, 0) is 28.5 Å². The molecule has 0 radical (unpaired) electrons. The normalized spacial score (nSPS) is 32.1. The van der Waals surface area contributed by atoms with Crippen LogP contribution in [0.1, 0.15) is 70.0 Å². The van der Waals surface area contributed by atoms with Crippen LogP contribution < -0.4 is 10.1 Å². The Hall–Kier alpha value is -5.16. The van der Waals surface area contributed by atoms with Crippen molar-refractivity contribution in [1.82, 2.24) is 5.01 Å². The first-order chi connectivity index (χ1) is 27.3. The number of esters is 1. The molecule has 6 rings (SSSR count). The molecule has 16 nitrogen and oxygen atoms in total. The summed E-state index contributed by atoms with van der Waals surface area (Å²) in [5.74, 6) is -8.44. The molecule has 0 unspecified atom stereocenters. The Labute approximate surface area is 337 Å². The number of nitrogens with zero attached hydrogens (tertiary/aromatic N) is 2. The summed E-state index contributed by atoms with van der Waals surface area (Å²) >= 11 is 0. The Morgan fingerprint density at radius 1 is 0.966 bits per heavy atom. The van der Waals surface area contributed by atoms with Crippen molar-refractivity contribution in [2.24, 2.45) is 28.8 Å².